The zero-order valence-corrected chi connectivity index (χ0v) is 35.0. The van der Waals surface area contributed by atoms with Crippen LogP contribution in [-0.2, 0) is 30.3 Å². The number of benzene rings is 1. The Morgan fingerprint density at radius 2 is 1.67 bits per heavy atom. The summed E-state index contributed by atoms with van der Waals surface area (Å²) < 4.78 is 6.05. The molecule has 296 valence electrons. The van der Waals surface area contributed by atoms with Crippen LogP contribution < -0.4 is 5.32 Å². The molecule has 0 aromatic heterocycles. The van der Waals surface area contributed by atoms with Crippen molar-refractivity contribution >= 4 is 35.4 Å². The number of phenols is 1. The molecule has 1 aromatic carbocycles. The fourth-order valence-electron chi connectivity index (χ4n) is 7.87. The van der Waals surface area contributed by atoms with Crippen LogP contribution >= 0.6 is 11.8 Å². The highest BCUT2D eigenvalue weighted by Crippen LogP contribution is 2.34. The molecule has 1 aliphatic heterocycles. The average Bonchev–Trinajstić information content (AvgIpc) is 3.57. The minimum atomic E-state index is -0.735. The molecule has 1 aromatic rings. The topological polar surface area (TPSA) is 123 Å². The predicted molar refractivity (Wildman–Crippen MR) is 211 cm³/mol. The Morgan fingerprint density at radius 3 is 2.19 bits per heavy atom. The SMILES string of the molecule is CCC(C)C(C(CC(=O)N1CCCC1C(SC)C(C)C(=O)N(C)CCc1cccc(O)c1)OC)N(C)C(=O)C(NC(=O)C(C(C)C)N(C)C)C(C)C. The Labute approximate surface area is 318 Å². The van der Waals surface area contributed by atoms with Crippen LogP contribution in [-0.4, -0.2) is 139 Å². The van der Waals surface area contributed by atoms with Crippen LogP contribution in [0, 0.1) is 23.7 Å². The van der Waals surface area contributed by atoms with E-state index in [0.29, 0.717) is 19.5 Å². The van der Waals surface area contributed by atoms with Crippen molar-refractivity contribution < 1.29 is 29.0 Å². The van der Waals surface area contributed by atoms with E-state index in [4.69, 9.17) is 4.74 Å². The number of likely N-dealkylation sites (tertiary alicyclic amines) is 1. The first-order chi connectivity index (χ1) is 24.4. The van der Waals surface area contributed by atoms with Crippen LogP contribution in [0.3, 0.4) is 0 Å². The zero-order chi connectivity index (χ0) is 39.4. The Morgan fingerprint density at radius 1 is 1.02 bits per heavy atom. The second-order valence-corrected chi connectivity index (χ2v) is 16.7. The normalized spacial score (nSPS) is 18.8. The maximum Gasteiger partial charge on any atom is 0.245 e. The number of hydrogen-bond donors (Lipinski definition) is 2. The van der Waals surface area contributed by atoms with Crippen molar-refractivity contribution in [2.45, 2.75) is 116 Å². The van der Waals surface area contributed by atoms with Crippen molar-refractivity contribution in [1.82, 2.24) is 24.9 Å². The van der Waals surface area contributed by atoms with E-state index in [1.165, 1.54) is 0 Å². The largest absolute Gasteiger partial charge is 0.508 e. The zero-order valence-electron chi connectivity index (χ0n) is 34.2. The number of carbonyl (C=O) groups excluding carboxylic acids is 4. The summed E-state index contributed by atoms with van der Waals surface area (Å²) in [5.74, 6) is -0.582. The van der Waals surface area contributed by atoms with Gasteiger partial charge in [0.25, 0.3) is 0 Å². The summed E-state index contributed by atoms with van der Waals surface area (Å²) in [6.07, 6.45) is 4.60. The van der Waals surface area contributed by atoms with E-state index in [2.05, 4.69) is 19.2 Å². The molecule has 0 radical (unpaired) electrons. The number of hydrogen-bond acceptors (Lipinski definition) is 8. The minimum absolute atomic E-state index is 0.0155. The summed E-state index contributed by atoms with van der Waals surface area (Å²) in [4.78, 5) is 62.8. The van der Waals surface area contributed by atoms with Crippen LogP contribution in [0.25, 0.3) is 0 Å². The highest BCUT2D eigenvalue weighted by molar-refractivity contribution is 7.99. The van der Waals surface area contributed by atoms with E-state index in [1.807, 2.05) is 77.9 Å². The number of rotatable bonds is 20. The van der Waals surface area contributed by atoms with Gasteiger partial charge in [-0.25, -0.2) is 0 Å². The molecule has 1 fully saturated rings. The third-order valence-corrected chi connectivity index (χ3v) is 12.2. The van der Waals surface area contributed by atoms with E-state index < -0.39 is 18.2 Å². The molecule has 0 aliphatic carbocycles. The number of phenolic OH excluding ortho intramolecular Hbond substituents is 1. The number of nitrogens with one attached hydrogen (secondary N) is 1. The first-order valence-electron chi connectivity index (χ1n) is 19.0. The molecule has 1 saturated heterocycles. The monoisotopic (exact) mass is 747 g/mol. The fourth-order valence-corrected chi connectivity index (χ4v) is 8.99. The smallest absolute Gasteiger partial charge is 0.245 e. The molecule has 2 rings (SSSR count). The molecule has 52 heavy (non-hydrogen) atoms. The summed E-state index contributed by atoms with van der Waals surface area (Å²) in [5.41, 5.74) is 0.964. The van der Waals surface area contributed by atoms with E-state index in [1.54, 1.807) is 53.9 Å². The van der Waals surface area contributed by atoms with Crippen LogP contribution in [0.1, 0.15) is 79.7 Å². The lowest BCUT2D eigenvalue weighted by atomic mass is 9.89. The van der Waals surface area contributed by atoms with Gasteiger partial charge in [-0.05, 0) is 75.1 Å². The van der Waals surface area contributed by atoms with E-state index >= 15 is 0 Å². The first kappa shape index (κ1) is 45.3. The Balaban J connectivity index is 2.24. The summed E-state index contributed by atoms with van der Waals surface area (Å²) >= 11 is 1.63. The number of thioether (sulfide) groups is 1. The number of amides is 4. The van der Waals surface area contributed by atoms with Gasteiger partial charge in [-0.1, -0.05) is 67.0 Å². The van der Waals surface area contributed by atoms with Crippen LogP contribution in [0.4, 0.5) is 0 Å². The van der Waals surface area contributed by atoms with Crippen molar-refractivity contribution in [3.63, 3.8) is 0 Å². The van der Waals surface area contributed by atoms with Gasteiger partial charge in [-0.15, -0.1) is 0 Å². The third-order valence-electron chi connectivity index (χ3n) is 10.9. The quantitative estimate of drug-likeness (QED) is 0.196. The molecule has 8 atom stereocenters. The van der Waals surface area contributed by atoms with Gasteiger partial charge >= 0.3 is 0 Å². The molecule has 8 unspecified atom stereocenters. The molecule has 0 saturated carbocycles. The highest BCUT2D eigenvalue weighted by atomic mass is 32.2. The summed E-state index contributed by atoms with van der Waals surface area (Å²) in [6, 6.07) is 5.47. The Kier molecular flexibility index (Phi) is 18.4. The number of aromatic hydroxyl groups is 1. The number of nitrogens with zero attached hydrogens (tertiary/aromatic N) is 4. The maximum atomic E-state index is 14.2. The molecule has 0 bridgehead atoms. The van der Waals surface area contributed by atoms with Crippen molar-refractivity contribution in [1.29, 1.82) is 0 Å². The summed E-state index contributed by atoms with van der Waals surface area (Å²) in [5, 5.41) is 12.8. The molecule has 2 N–H and O–H groups in total. The number of carbonyl (C=O) groups is 4. The molecule has 4 amide bonds. The minimum Gasteiger partial charge on any atom is -0.508 e. The first-order valence-corrected chi connectivity index (χ1v) is 20.3. The highest BCUT2D eigenvalue weighted by Gasteiger charge is 2.43. The summed E-state index contributed by atoms with van der Waals surface area (Å²) in [7, 11) is 8.90. The molecule has 1 heterocycles. The Hall–Kier alpha value is -2.83. The van der Waals surface area contributed by atoms with Crippen LogP contribution in [0.2, 0.25) is 0 Å². The van der Waals surface area contributed by atoms with Gasteiger partial charge in [-0.3, -0.25) is 24.1 Å². The lowest BCUT2D eigenvalue weighted by Gasteiger charge is -2.41. The third kappa shape index (κ3) is 11.8. The molecule has 0 spiro atoms. The fraction of sp³-hybridized carbons (Fsp3) is 0.750. The van der Waals surface area contributed by atoms with Gasteiger partial charge < -0.3 is 29.9 Å². The van der Waals surface area contributed by atoms with E-state index in [9.17, 15) is 24.3 Å². The van der Waals surface area contributed by atoms with Gasteiger partial charge in [0, 0.05) is 51.5 Å². The standard InChI is InChI=1S/C40H69N5O6S/c1-14-27(6)36(44(11)40(50)34(25(2)3)41-38(48)35(26(4)5)42(8)9)32(51-12)24-33(47)45-21-16-19-31(45)37(52-13)28(7)39(49)43(10)22-20-29-17-15-18-30(46)23-29/h15,17-18,23,25-28,31-32,34-37,46H,14,16,19-22,24H2,1-13H3,(H,41,48). The van der Waals surface area contributed by atoms with E-state index in [0.717, 1.165) is 24.8 Å². The molecular weight excluding hydrogens is 679 g/mol. The van der Waals surface area contributed by atoms with Crippen molar-refractivity contribution in [3.05, 3.63) is 29.8 Å². The van der Waals surface area contributed by atoms with Gasteiger partial charge in [0.15, 0.2) is 0 Å². The molecule has 11 nitrogen and oxygen atoms in total. The molecular formula is C40H69N5O6S. The van der Waals surface area contributed by atoms with Crippen molar-refractivity contribution in [3.8, 4) is 5.75 Å². The summed E-state index contributed by atoms with van der Waals surface area (Å²) in [6.45, 7) is 15.1. The number of methoxy groups -OCH3 is 1. The molecule has 12 heteroatoms. The van der Waals surface area contributed by atoms with Crippen LogP contribution in [0.15, 0.2) is 24.3 Å². The predicted octanol–water partition coefficient (Wildman–Crippen LogP) is 4.76. The average molecular weight is 748 g/mol. The van der Waals surface area contributed by atoms with Gasteiger partial charge in [-0.2, -0.15) is 11.8 Å². The van der Waals surface area contributed by atoms with Crippen molar-refractivity contribution in [2.75, 3.05) is 54.6 Å². The second-order valence-electron chi connectivity index (χ2n) is 15.7. The van der Waals surface area contributed by atoms with Crippen molar-refractivity contribution in [2.24, 2.45) is 23.7 Å². The van der Waals surface area contributed by atoms with E-state index in [-0.39, 0.29) is 76.8 Å². The lowest BCUT2D eigenvalue weighted by molar-refractivity contribution is -0.146. The number of likely N-dealkylation sites (N-methyl/N-ethyl adjacent to an activating group) is 3. The maximum absolute atomic E-state index is 14.2. The Bertz CT molecular complexity index is 1300. The molecule has 1 aliphatic rings. The van der Waals surface area contributed by atoms with Gasteiger partial charge in [0.1, 0.15) is 11.8 Å². The van der Waals surface area contributed by atoms with Gasteiger partial charge in [0.2, 0.25) is 23.6 Å². The lowest BCUT2D eigenvalue weighted by Crippen LogP contribution is -2.59. The van der Waals surface area contributed by atoms with Gasteiger partial charge in [0.05, 0.1) is 24.6 Å². The number of ether oxygens (including phenoxy) is 1. The van der Waals surface area contributed by atoms with Crippen LogP contribution in [0.5, 0.6) is 5.75 Å². The second kappa shape index (κ2) is 21.2.